The van der Waals surface area contributed by atoms with Crippen LogP contribution in [0.5, 0.6) is 0 Å². The van der Waals surface area contributed by atoms with Crippen LogP contribution in [-0.4, -0.2) is 53.6 Å². The number of carbonyl (C=O) groups is 1. The van der Waals surface area contributed by atoms with Crippen LogP contribution in [0.3, 0.4) is 0 Å². The van der Waals surface area contributed by atoms with Crippen LogP contribution >= 0.6 is 0 Å². The third kappa shape index (κ3) is 4.27. The number of aryl methyl sites for hydroxylation is 2. The van der Waals surface area contributed by atoms with Crippen molar-refractivity contribution in [2.24, 2.45) is 0 Å². The van der Waals surface area contributed by atoms with Crippen molar-refractivity contribution in [3.8, 4) is 0 Å². The Bertz CT molecular complexity index is 918. The predicted molar refractivity (Wildman–Crippen MR) is 104 cm³/mol. The fourth-order valence-corrected chi connectivity index (χ4v) is 3.79. The molecule has 1 atom stereocenters. The van der Waals surface area contributed by atoms with Crippen molar-refractivity contribution in [2.75, 3.05) is 13.1 Å². The monoisotopic (exact) mass is 379 g/mol. The number of piperidine rings is 1. The lowest BCUT2D eigenvalue weighted by molar-refractivity contribution is -0.132. The van der Waals surface area contributed by atoms with Crippen molar-refractivity contribution in [3.63, 3.8) is 0 Å². The zero-order valence-electron chi connectivity index (χ0n) is 16.1. The first-order valence-corrected chi connectivity index (χ1v) is 9.74. The standard InChI is InChI=1S/C20H25N7O/c1-15-23-18(25-24-15)4-5-19(28)26-11-2-3-17(14-26)20-22-10-12-27(20)13-16-6-8-21-9-7-16/h6-10,12,17H,2-5,11,13-14H2,1H3,(H,23,24,25)/t17-/m1/s1. The summed E-state index contributed by atoms with van der Waals surface area (Å²) in [4.78, 5) is 27.6. The highest BCUT2D eigenvalue weighted by molar-refractivity contribution is 5.76. The third-order valence-corrected chi connectivity index (χ3v) is 5.20. The van der Waals surface area contributed by atoms with E-state index in [1.165, 1.54) is 5.56 Å². The topological polar surface area (TPSA) is 92.6 Å². The SMILES string of the molecule is Cc1nc(CCC(=O)N2CCC[C@@H](c3nccn3Cc3ccncc3)C2)n[nH]1. The number of H-pyrrole nitrogens is 1. The van der Waals surface area contributed by atoms with Crippen molar-refractivity contribution in [1.29, 1.82) is 0 Å². The molecule has 4 heterocycles. The van der Waals surface area contributed by atoms with Gasteiger partial charge in [0.05, 0.1) is 0 Å². The second kappa shape index (κ2) is 8.33. The molecule has 0 aliphatic carbocycles. The summed E-state index contributed by atoms with van der Waals surface area (Å²) in [5.41, 5.74) is 1.19. The number of rotatable bonds is 6. The van der Waals surface area contributed by atoms with Gasteiger partial charge in [-0.1, -0.05) is 0 Å². The molecule has 8 heteroatoms. The molecule has 0 spiro atoms. The highest BCUT2D eigenvalue weighted by Gasteiger charge is 2.27. The second-order valence-electron chi connectivity index (χ2n) is 7.28. The number of likely N-dealkylation sites (tertiary alicyclic amines) is 1. The average Bonchev–Trinajstić information content (AvgIpc) is 3.36. The second-order valence-corrected chi connectivity index (χ2v) is 7.28. The number of aromatic amines is 1. The lowest BCUT2D eigenvalue weighted by Gasteiger charge is -2.32. The van der Waals surface area contributed by atoms with Gasteiger partial charge in [-0.3, -0.25) is 14.9 Å². The summed E-state index contributed by atoms with van der Waals surface area (Å²) in [5, 5.41) is 6.94. The highest BCUT2D eigenvalue weighted by atomic mass is 16.2. The molecule has 0 saturated carbocycles. The lowest BCUT2D eigenvalue weighted by Crippen LogP contribution is -2.40. The number of imidazole rings is 1. The molecule has 28 heavy (non-hydrogen) atoms. The van der Waals surface area contributed by atoms with Crippen LogP contribution in [0.15, 0.2) is 36.9 Å². The van der Waals surface area contributed by atoms with Crippen molar-refractivity contribution in [2.45, 2.75) is 45.1 Å². The summed E-state index contributed by atoms with van der Waals surface area (Å²) in [7, 11) is 0. The summed E-state index contributed by atoms with van der Waals surface area (Å²) < 4.78 is 2.18. The molecule has 1 aliphatic heterocycles. The zero-order valence-corrected chi connectivity index (χ0v) is 16.1. The fourth-order valence-electron chi connectivity index (χ4n) is 3.79. The van der Waals surface area contributed by atoms with Gasteiger partial charge < -0.3 is 9.47 Å². The number of hydrogen-bond donors (Lipinski definition) is 1. The molecular weight excluding hydrogens is 354 g/mol. The molecule has 3 aromatic rings. The largest absolute Gasteiger partial charge is 0.342 e. The molecule has 0 unspecified atom stereocenters. The summed E-state index contributed by atoms with van der Waals surface area (Å²) >= 11 is 0. The van der Waals surface area contributed by atoms with Crippen molar-refractivity contribution in [3.05, 3.63) is 60.0 Å². The fraction of sp³-hybridized carbons (Fsp3) is 0.450. The van der Waals surface area contributed by atoms with E-state index in [4.69, 9.17) is 0 Å². The number of hydrogen-bond acceptors (Lipinski definition) is 5. The van der Waals surface area contributed by atoms with Gasteiger partial charge in [0.15, 0.2) is 5.82 Å². The van der Waals surface area contributed by atoms with Crippen LogP contribution in [0.4, 0.5) is 0 Å². The molecule has 1 N–H and O–H groups in total. The number of pyridine rings is 1. The predicted octanol–water partition coefficient (Wildman–Crippen LogP) is 2.09. The number of aromatic nitrogens is 6. The minimum Gasteiger partial charge on any atom is -0.342 e. The molecule has 0 aromatic carbocycles. The normalized spacial score (nSPS) is 17.0. The Kier molecular flexibility index (Phi) is 5.45. The quantitative estimate of drug-likeness (QED) is 0.708. The van der Waals surface area contributed by atoms with E-state index in [1.54, 1.807) is 0 Å². The van der Waals surface area contributed by atoms with Gasteiger partial charge in [0.1, 0.15) is 11.6 Å². The number of nitrogens with zero attached hydrogens (tertiary/aromatic N) is 6. The van der Waals surface area contributed by atoms with Gasteiger partial charge in [-0.05, 0) is 37.5 Å². The van der Waals surface area contributed by atoms with E-state index in [2.05, 4.69) is 29.7 Å². The van der Waals surface area contributed by atoms with Crippen molar-refractivity contribution in [1.82, 2.24) is 34.6 Å². The summed E-state index contributed by atoms with van der Waals surface area (Å²) in [6, 6.07) is 4.04. The first-order valence-electron chi connectivity index (χ1n) is 9.74. The minimum atomic E-state index is 0.166. The molecular formula is C20H25N7O. The van der Waals surface area contributed by atoms with E-state index in [9.17, 15) is 4.79 Å². The van der Waals surface area contributed by atoms with E-state index < -0.39 is 0 Å². The Balaban J connectivity index is 1.38. The third-order valence-electron chi connectivity index (χ3n) is 5.20. The molecule has 8 nitrogen and oxygen atoms in total. The van der Waals surface area contributed by atoms with Gasteiger partial charge in [0, 0.05) is 63.2 Å². The number of nitrogens with one attached hydrogen (secondary N) is 1. The lowest BCUT2D eigenvalue weighted by atomic mass is 9.96. The molecule has 1 fully saturated rings. The Morgan fingerprint density at radius 2 is 2.14 bits per heavy atom. The molecule has 4 rings (SSSR count). The molecule has 1 saturated heterocycles. The van der Waals surface area contributed by atoms with Crippen LogP contribution in [0.1, 0.15) is 48.2 Å². The van der Waals surface area contributed by atoms with E-state index in [0.29, 0.717) is 18.7 Å². The molecule has 0 radical (unpaired) electrons. The van der Waals surface area contributed by atoms with E-state index in [1.807, 2.05) is 48.7 Å². The Hall–Kier alpha value is -3.03. The minimum absolute atomic E-state index is 0.166. The van der Waals surface area contributed by atoms with Gasteiger partial charge in [0.2, 0.25) is 5.91 Å². The number of carbonyl (C=O) groups excluding carboxylic acids is 1. The van der Waals surface area contributed by atoms with Crippen LogP contribution in [0.2, 0.25) is 0 Å². The molecule has 1 aliphatic rings. The van der Waals surface area contributed by atoms with Gasteiger partial charge in [-0.2, -0.15) is 5.10 Å². The van der Waals surface area contributed by atoms with Gasteiger partial charge in [0.25, 0.3) is 0 Å². The maximum Gasteiger partial charge on any atom is 0.223 e. The smallest absolute Gasteiger partial charge is 0.223 e. The Labute approximate surface area is 164 Å². The number of amides is 1. The summed E-state index contributed by atoms with van der Waals surface area (Å²) in [6.45, 7) is 4.17. The first-order chi connectivity index (χ1) is 13.7. The molecule has 1 amide bonds. The van der Waals surface area contributed by atoms with Crippen LogP contribution in [-0.2, 0) is 17.8 Å². The summed E-state index contributed by atoms with van der Waals surface area (Å²) in [6.07, 6.45) is 10.5. The Morgan fingerprint density at radius 3 is 2.93 bits per heavy atom. The highest BCUT2D eigenvalue weighted by Crippen LogP contribution is 2.26. The van der Waals surface area contributed by atoms with Gasteiger partial charge in [-0.15, -0.1) is 0 Å². The van der Waals surface area contributed by atoms with E-state index >= 15 is 0 Å². The van der Waals surface area contributed by atoms with Gasteiger partial charge >= 0.3 is 0 Å². The molecule has 146 valence electrons. The van der Waals surface area contributed by atoms with Gasteiger partial charge in [-0.25, -0.2) is 9.97 Å². The van der Waals surface area contributed by atoms with Crippen LogP contribution in [0.25, 0.3) is 0 Å². The zero-order chi connectivity index (χ0) is 19.3. The average molecular weight is 379 g/mol. The maximum atomic E-state index is 12.7. The molecule has 0 bridgehead atoms. The van der Waals surface area contributed by atoms with Crippen molar-refractivity contribution >= 4 is 5.91 Å². The first kappa shape index (κ1) is 18.3. The maximum absolute atomic E-state index is 12.7. The van der Waals surface area contributed by atoms with Crippen LogP contribution in [0, 0.1) is 6.92 Å². The Morgan fingerprint density at radius 1 is 1.29 bits per heavy atom. The molecule has 3 aromatic heterocycles. The summed E-state index contributed by atoms with van der Waals surface area (Å²) in [5.74, 6) is 2.97. The van der Waals surface area contributed by atoms with E-state index in [0.717, 1.165) is 44.1 Å². The van der Waals surface area contributed by atoms with Crippen LogP contribution < -0.4 is 0 Å². The van der Waals surface area contributed by atoms with Crippen molar-refractivity contribution < 1.29 is 4.79 Å². The van der Waals surface area contributed by atoms with E-state index in [-0.39, 0.29) is 11.8 Å².